The van der Waals surface area contributed by atoms with Crippen LogP contribution >= 0.6 is 22.9 Å². The molecule has 0 spiro atoms. The second-order valence-electron chi connectivity index (χ2n) is 6.22. The average Bonchev–Trinajstić information content (AvgIpc) is 2.98. The van der Waals surface area contributed by atoms with Gasteiger partial charge in [0.1, 0.15) is 0 Å². The van der Waals surface area contributed by atoms with Crippen molar-refractivity contribution >= 4 is 38.7 Å². The lowest BCUT2D eigenvalue weighted by atomic mass is 10.1. The summed E-state index contributed by atoms with van der Waals surface area (Å²) in [6, 6.07) is 6.68. The fourth-order valence-corrected chi connectivity index (χ4v) is 6.53. The van der Waals surface area contributed by atoms with E-state index in [-0.39, 0.29) is 16.6 Å². The van der Waals surface area contributed by atoms with Crippen LogP contribution < -0.4 is 0 Å². The second kappa shape index (κ2) is 5.86. The molecule has 1 fully saturated rings. The highest BCUT2D eigenvalue weighted by atomic mass is 35.5. The molecule has 24 heavy (non-hydrogen) atoms. The zero-order valence-electron chi connectivity index (χ0n) is 12.9. The van der Waals surface area contributed by atoms with E-state index in [9.17, 15) is 13.2 Å². The van der Waals surface area contributed by atoms with Crippen molar-refractivity contribution < 1.29 is 13.2 Å². The van der Waals surface area contributed by atoms with Gasteiger partial charge in [0.15, 0.2) is 9.84 Å². The molecule has 0 unspecified atom stereocenters. The van der Waals surface area contributed by atoms with Gasteiger partial charge in [-0.2, -0.15) is 0 Å². The van der Waals surface area contributed by atoms with E-state index in [1.165, 1.54) is 17.4 Å². The van der Waals surface area contributed by atoms with Crippen LogP contribution in [0.4, 0.5) is 0 Å². The summed E-state index contributed by atoms with van der Waals surface area (Å²) in [6.45, 7) is 1.57. The van der Waals surface area contributed by atoms with Gasteiger partial charge >= 0.3 is 0 Å². The number of piperidine rings is 1. The van der Waals surface area contributed by atoms with E-state index < -0.39 is 9.84 Å². The topological polar surface area (TPSA) is 54.5 Å². The first kappa shape index (κ1) is 16.1. The molecule has 0 atom stereocenters. The van der Waals surface area contributed by atoms with Crippen molar-refractivity contribution in [2.24, 2.45) is 0 Å². The molecule has 2 aliphatic heterocycles. The Morgan fingerprint density at radius 1 is 1.12 bits per heavy atom. The second-order valence-corrected chi connectivity index (χ2v) is 9.66. The first-order valence-corrected chi connectivity index (χ1v) is 10.7. The Morgan fingerprint density at radius 3 is 2.62 bits per heavy atom. The molecule has 1 amide bonds. The van der Waals surface area contributed by atoms with E-state index in [0.717, 1.165) is 42.8 Å². The number of carbonyl (C=O) groups is 1. The number of benzene rings is 1. The molecule has 1 aromatic carbocycles. The fourth-order valence-electron chi connectivity index (χ4n) is 3.35. The van der Waals surface area contributed by atoms with Crippen molar-refractivity contribution in [1.29, 1.82) is 0 Å². The number of sulfone groups is 1. The highest BCUT2D eigenvalue weighted by Gasteiger charge is 2.32. The molecule has 0 N–H and O–H groups in total. The Balaban J connectivity index is 1.78. The highest BCUT2D eigenvalue weighted by Crippen LogP contribution is 2.43. The highest BCUT2D eigenvalue weighted by molar-refractivity contribution is 7.91. The van der Waals surface area contributed by atoms with Crippen molar-refractivity contribution in [2.45, 2.75) is 29.9 Å². The zero-order chi connectivity index (χ0) is 16.9. The zero-order valence-corrected chi connectivity index (χ0v) is 15.3. The number of nitrogens with zero attached hydrogens (tertiary/aromatic N) is 1. The van der Waals surface area contributed by atoms with Crippen LogP contribution in [0.2, 0.25) is 5.02 Å². The molecule has 1 saturated heterocycles. The SMILES string of the molecule is O=C(c1cc2c(s1)-c1ccc(Cl)cc1S(=O)(=O)C2)N1CCCCC1. The molecule has 0 radical (unpaired) electrons. The van der Waals surface area contributed by atoms with Crippen LogP contribution in [0, 0.1) is 0 Å². The predicted molar refractivity (Wildman–Crippen MR) is 95.4 cm³/mol. The number of likely N-dealkylation sites (tertiary alicyclic amines) is 1. The maximum Gasteiger partial charge on any atom is 0.263 e. The minimum atomic E-state index is -3.42. The van der Waals surface area contributed by atoms with Crippen molar-refractivity contribution in [3.05, 3.63) is 39.7 Å². The Bertz CT molecular complexity index is 927. The van der Waals surface area contributed by atoms with Crippen molar-refractivity contribution in [3.63, 3.8) is 0 Å². The van der Waals surface area contributed by atoms with Gasteiger partial charge in [0.05, 0.1) is 15.5 Å². The molecule has 4 nitrogen and oxygen atoms in total. The molecule has 1 aromatic heterocycles. The third-order valence-corrected chi connectivity index (χ3v) is 7.66. The predicted octanol–water partition coefficient (Wildman–Crippen LogP) is 3.98. The van der Waals surface area contributed by atoms with Crippen LogP contribution in [0.1, 0.15) is 34.5 Å². The van der Waals surface area contributed by atoms with E-state index in [1.54, 1.807) is 18.2 Å². The number of hydrogen-bond acceptors (Lipinski definition) is 4. The Morgan fingerprint density at radius 2 is 1.88 bits per heavy atom. The number of fused-ring (bicyclic) bond motifs is 3. The van der Waals surface area contributed by atoms with Gasteiger partial charge in [-0.05, 0) is 43.0 Å². The summed E-state index contributed by atoms with van der Waals surface area (Å²) in [5.41, 5.74) is 1.37. The van der Waals surface area contributed by atoms with Crippen LogP contribution in [0.15, 0.2) is 29.2 Å². The van der Waals surface area contributed by atoms with Gasteiger partial charge in [0.2, 0.25) is 0 Å². The molecule has 0 bridgehead atoms. The largest absolute Gasteiger partial charge is 0.338 e. The summed E-state index contributed by atoms with van der Waals surface area (Å²) in [7, 11) is -3.42. The first-order valence-electron chi connectivity index (χ1n) is 7.90. The maximum atomic E-state index is 12.7. The lowest BCUT2D eigenvalue weighted by Gasteiger charge is -2.26. The number of rotatable bonds is 1. The van der Waals surface area contributed by atoms with Gasteiger partial charge < -0.3 is 4.90 Å². The van der Waals surface area contributed by atoms with Crippen molar-refractivity contribution in [2.75, 3.05) is 13.1 Å². The van der Waals surface area contributed by atoms with Crippen LogP contribution in [0.3, 0.4) is 0 Å². The third kappa shape index (κ3) is 2.66. The smallest absolute Gasteiger partial charge is 0.263 e. The van der Waals surface area contributed by atoms with Crippen LogP contribution in [-0.2, 0) is 15.6 Å². The molecule has 2 aromatic rings. The lowest BCUT2D eigenvalue weighted by Crippen LogP contribution is -2.35. The fraction of sp³-hybridized carbons (Fsp3) is 0.353. The normalized spacial score (nSPS) is 18.8. The maximum absolute atomic E-state index is 12.7. The molecule has 4 rings (SSSR count). The summed E-state index contributed by atoms with van der Waals surface area (Å²) in [6.07, 6.45) is 3.23. The molecule has 2 aliphatic rings. The Kier molecular flexibility index (Phi) is 3.94. The van der Waals surface area contributed by atoms with Crippen molar-refractivity contribution in [3.8, 4) is 10.4 Å². The molecule has 0 aliphatic carbocycles. The molecule has 7 heteroatoms. The Hall–Kier alpha value is -1.37. The Labute approximate surface area is 150 Å². The van der Waals surface area contributed by atoms with Gasteiger partial charge in [-0.1, -0.05) is 17.7 Å². The monoisotopic (exact) mass is 381 g/mol. The van der Waals surface area contributed by atoms with Crippen molar-refractivity contribution in [1.82, 2.24) is 4.90 Å². The van der Waals surface area contributed by atoms with E-state index >= 15 is 0 Å². The van der Waals surface area contributed by atoms with Crippen LogP contribution in [-0.4, -0.2) is 32.3 Å². The van der Waals surface area contributed by atoms with E-state index in [0.29, 0.717) is 15.5 Å². The summed E-state index contributed by atoms with van der Waals surface area (Å²) in [4.78, 5) is 16.3. The number of carbonyl (C=O) groups excluding carboxylic acids is 1. The third-order valence-electron chi connectivity index (χ3n) is 4.53. The van der Waals surface area contributed by atoms with Gasteiger partial charge in [-0.25, -0.2) is 8.42 Å². The number of thiophene rings is 1. The molecular weight excluding hydrogens is 366 g/mol. The lowest BCUT2D eigenvalue weighted by molar-refractivity contribution is 0.0729. The van der Waals surface area contributed by atoms with Gasteiger partial charge in [0, 0.05) is 28.6 Å². The quantitative estimate of drug-likeness (QED) is 0.750. The molecule has 3 heterocycles. The summed E-state index contributed by atoms with van der Waals surface area (Å²) >= 11 is 7.35. The number of hydrogen-bond donors (Lipinski definition) is 0. The average molecular weight is 382 g/mol. The number of halogens is 1. The number of amides is 1. The van der Waals surface area contributed by atoms with Gasteiger partial charge in [-0.15, -0.1) is 11.3 Å². The molecular formula is C17H16ClNO3S2. The van der Waals surface area contributed by atoms with Crippen LogP contribution in [0.5, 0.6) is 0 Å². The minimum absolute atomic E-state index is 0.0158. The van der Waals surface area contributed by atoms with Gasteiger partial charge in [0.25, 0.3) is 5.91 Å². The summed E-state index contributed by atoms with van der Waals surface area (Å²) < 4.78 is 25.0. The summed E-state index contributed by atoms with van der Waals surface area (Å²) in [5, 5.41) is 0.405. The van der Waals surface area contributed by atoms with Crippen LogP contribution in [0.25, 0.3) is 10.4 Å². The standard InChI is InChI=1S/C17H16ClNO3S2/c18-12-4-5-13-15(9-12)24(21,22)10-11-8-14(23-16(11)13)17(20)19-6-2-1-3-7-19/h4-5,8-9H,1-3,6-7,10H2. The van der Waals surface area contributed by atoms with E-state index in [1.807, 2.05) is 4.90 Å². The minimum Gasteiger partial charge on any atom is -0.338 e. The van der Waals surface area contributed by atoms with E-state index in [4.69, 9.17) is 11.6 Å². The summed E-state index contributed by atoms with van der Waals surface area (Å²) in [5.74, 6) is -0.0542. The molecule has 0 saturated carbocycles. The molecule has 126 valence electrons. The van der Waals surface area contributed by atoms with Gasteiger partial charge in [-0.3, -0.25) is 4.79 Å². The first-order chi connectivity index (χ1) is 11.5. The van der Waals surface area contributed by atoms with E-state index in [2.05, 4.69) is 0 Å².